The number of aryl methyl sites for hydroxylation is 2. The first-order valence-electron chi connectivity index (χ1n) is 6.40. The minimum absolute atomic E-state index is 0.445. The summed E-state index contributed by atoms with van der Waals surface area (Å²) < 4.78 is 0. The molecule has 0 spiro atoms. The molecule has 0 radical (unpaired) electrons. The van der Waals surface area contributed by atoms with E-state index in [1.165, 1.54) is 16.0 Å². The monoisotopic (exact) mass is 260 g/mol. The second-order valence-corrected chi connectivity index (χ2v) is 5.66. The van der Waals surface area contributed by atoms with Crippen LogP contribution in [0, 0.1) is 13.8 Å². The van der Waals surface area contributed by atoms with Crippen molar-refractivity contribution in [1.82, 2.24) is 4.98 Å². The average molecular weight is 260 g/mol. The van der Waals surface area contributed by atoms with E-state index in [-0.39, 0.29) is 0 Å². The van der Waals surface area contributed by atoms with E-state index in [1.807, 2.05) is 0 Å². The summed E-state index contributed by atoms with van der Waals surface area (Å²) in [5, 5.41) is 1.12. The van der Waals surface area contributed by atoms with Gasteiger partial charge in [0.2, 0.25) is 0 Å². The lowest BCUT2D eigenvalue weighted by Gasteiger charge is -2.09. The highest BCUT2D eigenvalue weighted by molar-refractivity contribution is 7.15. The molecule has 1 heterocycles. The van der Waals surface area contributed by atoms with E-state index < -0.39 is 0 Å². The van der Waals surface area contributed by atoms with Gasteiger partial charge in [-0.2, -0.15) is 0 Å². The molecular weight excluding hydrogens is 240 g/mol. The Bertz CT molecular complexity index is 527. The number of aromatic nitrogens is 1. The van der Waals surface area contributed by atoms with Gasteiger partial charge in [0.25, 0.3) is 0 Å². The Morgan fingerprint density at radius 3 is 2.61 bits per heavy atom. The van der Waals surface area contributed by atoms with Crippen molar-refractivity contribution in [2.75, 3.05) is 6.54 Å². The first kappa shape index (κ1) is 13.2. The molecular formula is C15H20N2S. The van der Waals surface area contributed by atoms with Crippen LogP contribution in [0.4, 0.5) is 0 Å². The molecule has 3 heteroatoms. The fourth-order valence-electron chi connectivity index (χ4n) is 2.17. The van der Waals surface area contributed by atoms with Crippen molar-refractivity contribution in [2.45, 2.75) is 33.1 Å². The number of nitrogens with zero attached hydrogens (tertiary/aromatic N) is 1. The summed E-state index contributed by atoms with van der Waals surface area (Å²) in [6.07, 6.45) is 1.08. The SMILES string of the molecule is CCC(CN)c1sc(-c2ccccc2C)nc1C. The molecule has 1 aromatic heterocycles. The standard InChI is InChI=1S/C15H20N2S/c1-4-12(9-16)14-11(3)17-15(18-14)13-8-6-5-7-10(13)2/h5-8,12H,4,9,16H2,1-3H3. The zero-order chi connectivity index (χ0) is 13.1. The summed E-state index contributed by atoms with van der Waals surface area (Å²) in [4.78, 5) is 6.07. The van der Waals surface area contributed by atoms with Crippen LogP contribution in [0.15, 0.2) is 24.3 Å². The van der Waals surface area contributed by atoms with Crippen LogP contribution in [-0.4, -0.2) is 11.5 Å². The molecule has 2 N–H and O–H groups in total. The second-order valence-electron chi connectivity index (χ2n) is 4.62. The van der Waals surface area contributed by atoms with Crippen molar-refractivity contribution in [2.24, 2.45) is 5.73 Å². The third-order valence-corrected chi connectivity index (χ3v) is 4.71. The first-order valence-corrected chi connectivity index (χ1v) is 7.22. The van der Waals surface area contributed by atoms with Crippen molar-refractivity contribution in [3.05, 3.63) is 40.4 Å². The van der Waals surface area contributed by atoms with Crippen molar-refractivity contribution < 1.29 is 0 Å². The third-order valence-electron chi connectivity index (χ3n) is 3.36. The van der Waals surface area contributed by atoms with Crippen LogP contribution in [0.25, 0.3) is 10.6 Å². The fraction of sp³-hybridized carbons (Fsp3) is 0.400. The summed E-state index contributed by atoms with van der Waals surface area (Å²) in [7, 11) is 0. The normalized spacial score (nSPS) is 12.7. The van der Waals surface area contributed by atoms with Crippen LogP contribution >= 0.6 is 11.3 Å². The molecule has 0 bridgehead atoms. The van der Waals surface area contributed by atoms with Crippen LogP contribution in [0.3, 0.4) is 0 Å². The first-order chi connectivity index (χ1) is 8.67. The Morgan fingerprint density at radius 2 is 2.00 bits per heavy atom. The zero-order valence-corrected chi connectivity index (χ0v) is 12.1. The van der Waals surface area contributed by atoms with E-state index >= 15 is 0 Å². The number of hydrogen-bond acceptors (Lipinski definition) is 3. The Morgan fingerprint density at radius 1 is 1.28 bits per heavy atom. The molecule has 0 aliphatic rings. The maximum Gasteiger partial charge on any atom is 0.124 e. The molecule has 0 saturated heterocycles. The molecule has 1 aromatic carbocycles. The Hall–Kier alpha value is -1.19. The number of hydrogen-bond donors (Lipinski definition) is 1. The molecule has 2 nitrogen and oxygen atoms in total. The molecule has 2 rings (SSSR count). The predicted octanol–water partition coefficient (Wildman–Crippen LogP) is 3.88. The third kappa shape index (κ3) is 2.47. The highest BCUT2D eigenvalue weighted by atomic mass is 32.1. The summed E-state index contributed by atoms with van der Waals surface area (Å²) in [6, 6.07) is 8.40. The van der Waals surface area contributed by atoms with Crippen LogP contribution in [0.1, 0.15) is 35.4 Å². The van der Waals surface area contributed by atoms with Crippen molar-refractivity contribution in [1.29, 1.82) is 0 Å². The molecule has 0 aliphatic heterocycles. The maximum atomic E-state index is 5.84. The van der Waals surface area contributed by atoms with Crippen molar-refractivity contribution in [3.63, 3.8) is 0 Å². The van der Waals surface area contributed by atoms with Crippen LogP contribution in [-0.2, 0) is 0 Å². The largest absolute Gasteiger partial charge is 0.330 e. The van der Waals surface area contributed by atoms with E-state index in [9.17, 15) is 0 Å². The lowest BCUT2D eigenvalue weighted by molar-refractivity contribution is 0.680. The molecule has 96 valence electrons. The number of thiazole rings is 1. The number of rotatable bonds is 4. The highest BCUT2D eigenvalue weighted by Crippen LogP contribution is 2.34. The number of benzene rings is 1. The van der Waals surface area contributed by atoms with Gasteiger partial charge in [-0.05, 0) is 25.8 Å². The predicted molar refractivity (Wildman–Crippen MR) is 79.1 cm³/mol. The fourth-order valence-corrected chi connectivity index (χ4v) is 3.53. The van der Waals surface area contributed by atoms with Crippen molar-refractivity contribution >= 4 is 11.3 Å². The topological polar surface area (TPSA) is 38.9 Å². The van der Waals surface area contributed by atoms with Crippen LogP contribution in [0.2, 0.25) is 0 Å². The van der Waals surface area contributed by atoms with Gasteiger partial charge in [-0.15, -0.1) is 11.3 Å². The summed E-state index contributed by atoms with van der Waals surface area (Å²) in [5.41, 5.74) is 9.49. The second kappa shape index (κ2) is 5.63. The molecule has 18 heavy (non-hydrogen) atoms. The molecule has 1 unspecified atom stereocenters. The lowest BCUT2D eigenvalue weighted by Crippen LogP contribution is -2.11. The van der Waals surface area contributed by atoms with Crippen molar-refractivity contribution in [3.8, 4) is 10.6 Å². The smallest absolute Gasteiger partial charge is 0.124 e. The lowest BCUT2D eigenvalue weighted by atomic mass is 10.0. The van der Waals surface area contributed by atoms with Gasteiger partial charge < -0.3 is 5.73 Å². The minimum atomic E-state index is 0.445. The Kier molecular flexibility index (Phi) is 4.15. The maximum absolute atomic E-state index is 5.84. The summed E-state index contributed by atoms with van der Waals surface area (Å²) in [6.45, 7) is 7.11. The van der Waals surface area contributed by atoms with Gasteiger partial charge in [0.15, 0.2) is 0 Å². The van der Waals surface area contributed by atoms with Crippen LogP contribution < -0.4 is 5.73 Å². The number of nitrogens with two attached hydrogens (primary N) is 1. The Labute approximate surface area is 113 Å². The minimum Gasteiger partial charge on any atom is -0.330 e. The summed E-state index contributed by atoms with van der Waals surface area (Å²) >= 11 is 1.79. The van der Waals surface area contributed by atoms with Gasteiger partial charge in [0, 0.05) is 22.9 Å². The Balaban J connectivity index is 2.43. The molecule has 0 fully saturated rings. The van der Waals surface area contributed by atoms with Crippen LogP contribution in [0.5, 0.6) is 0 Å². The zero-order valence-electron chi connectivity index (χ0n) is 11.2. The van der Waals surface area contributed by atoms with Gasteiger partial charge in [0.1, 0.15) is 5.01 Å². The van der Waals surface area contributed by atoms with E-state index in [0.29, 0.717) is 12.5 Å². The highest BCUT2D eigenvalue weighted by Gasteiger charge is 2.16. The quantitative estimate of drug-likeness (QED) is 0.906. The van der Waals surface area contributed by atoms with E-state index in [2.05, 4.69) is 45.0 Å². The van der Waals surface area contributed by atoms with Gasteiger partial charge in [-0.3, -0.25) is 0 Å². The molecule has 0 aliphatic carbocycles. The van der Waals surface area contributed by atoms with E-state index in [1.54, 1.807) is 11.3 Å². The molecule has 0 amide bonds. The van der Waals surface area contributed by atoms with Gasteiger partial charge in [-0.1, -0.05) is 31.2 Å². The van der Waals surface area contributed by atoms with E-state index in [4.69, 9.17) is 10.7 Å². The van der Waals surface area contributed by atoms with Gasteiger partial charge in [-0.25, -0.2) is 4.98 Å². The molecule has 0 saturated carbocycles. The van der Waals surface area contributed by atoms with Gasteiger partial charge in [0.05, 0.1) is 5.69 Å². The average Bonchev–Trinajstić information content (AvgIpc) is 2.74. The summed E-state index contributed by atoms with van der Waals surface area (Å²) in [5.74, 6) is 0.445. The molecule has 1 atom stereocenters. The molecule has 2 aromatic rings. The van der Waals surface area contributed by atoms with E-state index in [0.717, 1.165) is 17.1 Å². The van der Waals surface area contributed by atoms with Gasteiger partial charge >= 0.3 is 0 Å².